The van der Waals surface area contributed by atoms with Gasteiger partial charge in [-0.3, -0.25) is 14.9 Å². The molecule has 0 spiro atoms. The molecule has 0 saturated heterocycles. The number of anilines is 1. The monoisotopic (exact) mass is 288 g/mol. The molecule has 0 fully saturated rings. The number of nitrogens with zero attached hydrogens (tertiary/aromatic N) is 1. The summed E-state index contributed by atoms with van der Waals surface area (Å²) in [7, 11) is 0. The fraction of sp³-hybridized carbons (Fsp3) is 0.0714. The van der Waals surface area contributed by atoms with Crippen LogP contribution in [0.2, 0.25) is 0 Å². The van der Waals surface area contributed by atoms with Gasteiger partial charge in [0.05, 0.1) is 16.2 Å². The molecule has 2 aromatic carbocycles. The fourth-order valence-electron chi connectivity index (χ4n) is 1.65. The molecule has 0 saturated carbocycles. The first-order valence-corrected chi connectivity index (χ1v) is 6.81. The highest BCUT2D eigenvalue weighted by molar-refractivity contribution is 8.13. The van der Waals surface area contributed by atoms with Crippen molar-refractivity contribution in [3.8, 4) is 0 Å². The molecule has 0 radical (unpaired) electrons. The second-order valence-electron chi connectivity index (χ2n) is 4.09. The van der Waals surface area contributed by atoms with Crippen LogP contribution in [0, 0.1) is 10.1 Å². The maximum absolute atomic E-state index is 12.0. The van der Waals surface area contributed by atoms with Gasteiger partial charge in [-0.1, -0.05) is 42.1 Å². The summed E-state index contributed by atoms with van der Waals surface area (Å²) in [6, 6.07) is 13.5. The minimum absolute atomic E-state index is 0.118. The molecule has 0 aromatic heterocycles. The van der Waals surface area contributed by atoms with Crippen LogP contribution in [0.4, 0.5) is 11.4 Å². The van der Waals surface area contributed by atoms with Crippen LogP contribution in [-0.2, 0) is 5.75 Å². The van der Waals surface area contributed by atoms with Gasteiger partial charge in [0.15, 0.2) is 0 Å². The number of hydrogen-bond acceptors (Lipinski definition) is 5. The van der Waals surface area contributed by atoms with E-state index in [9.17, 15) is 14.9 Å². The van der Waals surface area contributed by atoms with E-state index in [1.54, 1.807) is 0 Å². The first-order valence-electron chi connectivity index (χ1n) is 5.83. The molecule has 6 heteroatoms. The minimum Gasteiger partial charge on any atom is -0.398 e. The Kier molecular flexibility index (Phi) is 4.37. The lowest BCUT2D eigenvalue weighted by molar-refractivity contribution is -0.384. The molecule has 0 unspecified atom stereocenters. The largest absolute Gasteiger partial charge is 0.398 e. The van der Waals surface area contributed by atoms with Gasteiger partial charge in [0.1, 0.15) is 0 Å². The summed E-state index contributed by atoms with van der Waals surface area (Å²) in [5.74, 6) is 0.538. The number of rotatable bonds is 4. The summed E-state index contributed by atoms with van der Waals surface area (Å²) >= 11 is 1.12. The van der Waals surface area contributed by atoms with Crippen LogP contribution in [0.25, 0.3) is 0 Å². The van der Waals surface area contributed by atoms with Crippen molar-refractivity contribution < 1.29 is 9.72 Å². The van der Waals surface area contributed by atoms with E-state index < -0.39 is 4.92 Å². The number of nitrogens with two attached hydrogens (primary N) is 1. The van der Waals surface area contributed by atoms with Crippen molar-refractivity contribution in [1.29, 1.82) is 0 Å². The van der Waals surface area contributed by atoms with Crippen molar-refractivity contribution >= 4 is 28.3 Å². The molecule has 0 amide bonds. The maximum atomic E-state index is 12.0. The summed E-state index contributed by atoms with van der Waals surface area (Å²) in [4.78, 5) is 22.1. The highest BCUT2D eigenvalue weighted by atomic mass is 32.2. The number of nitrogen functional groups attached to an aromatic ring is 1. The maximum Gasteiger partial charge on any atom is 0.271 e. The molecule has 20 heavy (non-hydrogen) atoms. The van der Waals surface area contributed by atoms with Gasteiger partial charge in [0, 0.05) is 17.9 Å². The van der Waals surface area contributed by atoms with Crippen LogP contribution in [0.15, 0.2) is 48.5 Å². The Morgan fingerprint density at radius 1 is 1.20 bits per heavy atom. The number of carbonyl (C=O) groups is 1. The molecular weight excluding hydrogens is 276 g/mol. The first-order chi connectivity index (χ1) is 9.58. The minimum atomic E-state index is -0.540. The number of non-ortho nitro benzene ring substituents is 1. The molecule has 2 rings (SSSR count). The average molecular weight is 288 g/mol. The lowest BCUT2D eigenvalue weighted by Gasteiger charge is -2.04. The molecule has 0 aliphatic carbocycles. The number of carbonyl (C=O) groups excluding carboxylic acids is 1. The molecule has 0 heterocycles. The van der Waals surface area contributed by atoms with E-state index in [0.717, 1.165) is 17.3 Å². The molecule has 0 aliphatic rings. The summed E-state index contributed by atoms with van der Waals surface area (Å²) in [5.41, 5.74) is 7.04. The van der Waals surface area contributed by atoms with Gasteiger partial charge in [0.25, 0.3) is 5.69 Å². The van der Waals surface area contributed by atoms with Crippen LogP contribution in [0.5, 0.6) is 0 Å². The van der Waals surface area contributed by atoms with Crippen molar-refractivity contribution in [2.24, 2.45) is 0 Å². The van der Waals surface area contributed by atoms with Crippen molar-refractivity contribution in [2.45, 2.75) is 5.75 Å². The molecule has 0 aliphatic heterocycles. The second-order valence-corrected chi connectivity index (χ2v) is 5.04. The SMILES string of the molecule is Nc1cc([N+](=O)[O-])ccc1C(=O)SCc1ccccc1. The zero-order valence-corrected chi connectivity index (χ0v) is 11.3. The molecule has 0 bridgehead atoms. The van der Waals surface area contributed by atoms with Gasteiger partial charge < -0.3 is 5.73 Å². The number of hydrogen-bond donors (Lipinski definition) is 1. The summed E-state index contributed by atoms with van der Waals surface area (Å²) < 4.78 is 0. The van der Waals surface area contributed by atoms with Crippen LogP contribution < -0.4 is 5.73 Å². The third-order valence-corrected chi connectivity index (χ3v) is 3.64. The van der Waals surface area contributed by atoms with E-state index in [1.165, 1.54) is 18.2 Å². The highest BCUT2D eigenvalue weighted by Gasteiger charge is 2.14. The Morgan fingerprint density at radius 3 is 2.50 bits per heavy atom. The highest BCUT2D eigenvalue weighted by Crippen LogP contribution is 2.25. The van der Waals surface area contributed by atoms with Gasteiger partial charge in [-0.2, -0.15) is 0 Å². The zero-order chi connectivity index (χ0) is 14.5. The Bertz CT molecular complexity index is 644. The van der Waals surface area contributed by atoms with E-state index in [4.69, 9.17) is 5.73 Å². The van der Waals surface area contributed by atoms with Crippen molar-refractivity contribution in [3.63, 3.8) is 0 Å². The second kappa shape index (κ2) is 6.21. The van der Waals surface area contributed by atoms with Crippen molar-refractivity contribution in [3.05, 3.63) is 69.8 Å². The Morgan fingerprint density at radius 2 is 1.90 bits per heavy atom. The molecule has 2 N–H and O–H groups in total. The number of nitro groups is 1. The first kappa shape index (κ1) is 14.1. The Labute approximate surface area is 119 Å². The molecule has 2 aromatic rings. The molecule has 102 valence electrons. The lowest BCUT2D eigenvalue weighted by Crippen LogP contribution is -2.01. The number of thioether (sulfide) groups is 1. The quantitative estimate of drug-likeness (QED) is 0.530. The predicted octanol–water partition coefficient (Wildman–Crippen LogP) is 3.25. The Hall–Kier alpha value is -2.34. The van der Waals surface area contributed by atoms with Gasteiger partial charge in [0.2, 0.25) is 5.12 Å². The van der Waals surface area contributed by atoms with Crippen LogP contribution >= 0.6 is 11.8 Å². The average Bonchev–Trinajstić information content (AvgIpc) is 2.45. The van der Waals surface area contributed by atoms with Gasteiger partial charge >= 0.3 is 0 Å². The predicted molar refractivity (Wildman–Crippen MR) is 79.6 cm³/mol. The third kappa shape index (κ3) is 3.36. The zero-order valence-electron chi connectivity index (χ0n) is 10.5. The van der Waals surface area contributed by atoms with Crippen LogP contribution in [0.3, 0.4) is 0 Å². The van der Waals surface area contributed by atoms with E-state index in [2.05, 4.69) is 0 Å². The normalized spacial score (nSPS) is 10.2. The van der Waals surface area contributed by atoms with Crippen LogP contribution in [0.1, 0.15) is 15.9 Å². The lowest BCUT2D eigenvalue weighted by atomic mass is 10.2. The van der Waals surface area contributed by atoms with E-state index in [0.29, 0.717) is 11.3 Å². The fourth-order valence-corrected chi connectivity index (χ4v) is 2.48. The topological polar surface area (TPSA) is 86.2 Å². The summed E-state index contributed by atoms with van der Waals surface area (Å²) in [6.45, 7) is 0. The van der Waals surface area contributed by atoms with Crippen molar-refractivity contribution in [2.75, 3.05) is 5.73 Å². The molecule has 5 nitrogen and oxygen atoms in total. The van der Waals surface area contributed by atoms with Gasteiger partial charge in [-0.25, -0.2) is 0 Å². The van der Waals surface area contributed by atoms with E-state index in [1.807, 2.05) is 30.3 Å². The number of benzene rings is 2. The number of nitro benzene ring substituents is 1. The van der Waals surface area contributed by atoms with E-state index >= 15 is 0 Å². The smallest absolute Gasteiger partial charge is 0.271 e. The summed E-state index contributed by atoms with van der Waals surface area (Å²) in [5, 5.41) is 10.4. The van der Waals surface area contributed by atoms with Gasteiger partial charge in [-0.15, -0.1) is 0 Å². The third-order valence-electron chi connectivity index (χ3n) is 2.68. The van der Waals surface area contributed by atoms with Gasteiger partial charge in [-0.05, 0) is 11.6 Å². The van der Waals surface area contributed by atoms with Crippen molar-refractivity contribution in [1.82, 2.24) is 0 Å². The Balaban J connectivity index is 2.08. The van der Waals surface area contributed by atoms with Crippen LogP contribution in [-0.4, -0.2) is 10.0 Å². The summed E-state index contributed by atoms with van der Waals surface area (Å²) in [6.07, 6.45) is 0. The van der Waals surface area contributed by atoms with E-state index in [-0.39, 0.29) is 16.5 Å². The molecule has 0 atom stereocenters. The standard InChI is InChI=1S/C14H12N2O3S/c15-13-8-11(16(18)19)6-7-12(13)14(17)20-9-10-4-2-1-3-5-10/h1-8H,9,15H2. The molecular formula is C14H12N2O3S.